The van der Waals surface area contributed by atoms with Crippen molar-refractivity contribution in [2.45, 2.75) is 57.2 Å². The van der Waals surface area contributed by atoms with Crippen molar-refractivity contribution in [2.24, 2.45) is 0 Å². The van der Waals surface area contributed by atoms with Crippen molar-refractivity contribution in [2.75, 3.05) is 18.8 Å². The Morgan fingerprint density at radius 2 is 2.05 bits per heavy atom. The Morgan fingerprint density at radius 3 is 2.73 bits per heavy atom. The number of aryl methyl sites for hydroxylation is 1. The van der Waals surface area contributed by atoms with Crippen LogP contribution in [-0.4, -0.2) is 34.9 Å². The SMILES string of the molecule is CCCCCCSC1CCN1CC(=O)CCc1ccccc1. The quantitative estimate of drug-likeness (QED) is 0.559. The number of rotatable bonds is 11. The molecule has 22 heavy (non-hydrogen) atoms. The summed E-state index contributed by atoms with van der Waals surface area (Å²) in [6.07, 6.45) is 8.14. The topological polar surface area (TPSA) is 20.3 Å². The van der Waals surface area contributed by atoms with Crippen LogP contribution in [0, 0.1) is 0 Å². The summed E-state index contributed by atoms with van der Waals surface area (Å²) >= 11 is 2.05. The molecule has 1 unspecified atom stereocenters. The van der Waals surface area contributed by atoms with Crippen LogP contribution in [0.15, 0.2) is 30.3 Å². The number of carbonyl (C=O) groups excluding carboxylic acids is 1. The molecular formula is C19H29NOS. The second-order valence-corrected chi connectivity index (χ2v) is 7.46. The van der Waals surface area contributed by atoms with E-state index in [0.717, 1.165) is 13.0 Å². The molecule has 1 saturated heterocycles. The summed E-state index contributed by atoms with van der Waals surface area (Å²) in [5, 5.41) is 0.599. The highest BCUT2D eigenvalue weighted by atomic mass is 32.2. The summed E-state index contributed by atoms with van der Waals surface area (Å²) in [5.74, 6) is 1.64. The maximum atomic E-state index is 12.1. The van der Waals surface area contributed by atoms with Gasteiger partial charge in [-0.3, -0.25) is 9.69 Å². The van der Waals surface area contributed by atoms with Crippen LogP contribution in [0.4, 0.5) is 0 Å². The molecule has 1 heterocycles. The average molecular weight is 320 g/mol. The Balaban J connectivity index is 1.58. The Labute approximate surface area is 139 Å². The Kier molecular flexibility index (Phi) is 8.03. The van der Waals surface area contributed by atoms with Gasteiger partial charge in [0, 0.05) is 13.0 Å². The third kappa shape index (κ3) is 6.13. The first kappa shape index (κ1) is 17.6. The highest BCUT2D eigenvalue weighted by Gasteiger charge is 2.29. The number of ketones is 1. The fraction of sp³-hybridized carbons (Fsp3) is 0.632. The van der Waals surface area contributed by atoms with Gasteiger partial charge < -0.3 is 0 Å². The summed E-state index contributed by atoms with van der Waals surface area (Å²) in [7, 11) is 0. The maximum absolute atomic E-state index is 12.1. The lowest BCUT2D eigenvalue weighted by Gasteiger charge is -2.40. The Morgan fingerprint density at radius 1 is 1.23 bits per heavy atom. The van der Waals surface area contributed by atoms with E-state index >= 15 is 0 Å². The Hall–Kier alpha value is -0.800. The normalized spacial score (nSPS) is 18.1. The van der Waals surface area contributed by atoms with Crippen LogP contribution < -0.4 is 0 Å². The first-order valence-corrected chi connectivity index (χ1v) is 9.75. The number of hydrogen-bond donors (Lipinski definition) is 0. The van der Waals surface area contributed by atoms with Crippen molar-refractivity contribution >= 4 is 17.5 Å². The van der Waals surface area contributed by atoms with Crippen LogP contribution in [0.3, 0.4) is 0 Å². The van der Waals surface area contributed by atoms with Gasteiger partial charge in [-0.25, -0.2) is 0 Å². The number of carbonyl (C=O) groups is 1. The molecule has 0 aliphatic carbocycles. The van der Waals surface area contributed by atoms with Crippen molar-refractivity contribution < 1.29 is 4.79 Å². The van der Waals surface area contributed by atoms with Gasteiger partial charge in [-0.05, 0) is 30.6 Å². The van der Waals surface area contributed by atoms with Crippen molar-refractivity contribution in [3.63, 3.8) is 0 Å². The number of benzene rings is 1. The van der Waals surface area contributed by atoms with Crippen molar-refractivity contribution in [3.8, 4) is 0 Å². The number of hydrogen-bond acceptors (Lipinski definition) is 3. The lowest BCUT2D eigenvalue weighted by atomic mass is 10.1. The number of thioether (sulfide) groups is 1. The minimum absolute atomic E-state index is 0.389. The zero-order chi connectivity index (χ0) is 15.6. The number of likely N-dealkylation sites (tertiary alicyclic amines) is 1. The van der Waals surface area contributed by atoms with E-state index < -0.39 is 0 Å². The number of Topliss-reactive ketones (excluding diaryl/α,β-unsaturated/α-hetero) is 1. The lowest BCUT2D eigenvalue weighted by Crippen LogP contribution is -2.48. The predicted molar refractivity (Wildman–Crippen MR) is 96.3 cm³/mol. The molecule has 1 fully saturated rings. The summed E-state index contributed by atoms with van der Waals surface area (Å²) in [4.78, 5) is 14.5. The van der Waals surface area contributed by atoms with Crippen molar-refractivity contribution in [1.29, 1.82) is 0 Å². The highest BCUT2D eigenvalue weighted by Crippen LogP contribution is 2.28. The summed E-state index contributed by atoms with van der Waals surface area (Å²) in [6.45, 7) is 4.00. The molecule has 1 aromatic rings. The molecule has 0 saturated carbocycles. The van der Waals surface area contributed by atoms with Gasteiger partial charge in [0.2, 0.25) is 0 Å². The molecule has 1 aliphatic rings. The third-order valence-electron chi connectivity index (χ3n) is 4.29. The van der Waals surface area contributed by atoms with E-state index in [2.05, 4.69) is 35.7 Å². The van der Waals surface area contributed by atoms with Gasteiger partial charge in [0.1, 0.15) is 5.78 Å². The molecule has 0 N–H and O–H groups in total. The van der Waals surface area contributed by atoms with E-state index in [1.54, 1.807) is 0 Å². The van der Waals surface area contributed by atoms with Crippen LogP contribution >= 0.6 is 11.8 Å². The van der Waals surface area contributed by atoms with E-state index in [9.17, 15) is 4.79 Å². The summed E-state index contributed by atoms with van der Waals surface area (Å²) in [6, 6.07) is 10.3. The third-order valence-corrected chi connectivity index (χ3v) is 5.74. The van der Waals surface area contributed by atoms with Crippen LogP contribution in [0.1, 0.15) is 51.0 Å². The second kappa shape index (κ2) is 10.1. The van der Waals surface area contributed by atoms with Gasteiger partial charge in [-0.1, -0.05) is 56.5 Å². The molecule has 0 bridgehead atoms. The minimum atomic E-state index is 0.389. The molecule has 2 rings (SSSR count). The molecule has 0 radical (unpaired) electrons. The largest absolute Gasteiger partial charge is 0.298 e. The number of unbranched alkanes of at least 4 members (excludes halogenated alkanes) is 3. The van der Waals surface area contributed by atoms with Crippen LogP contribution in [-0.2, 0) is 11.2 Å². The first-order valence-electron chi connectivity index (χ1n) is 8.71. The van der Waals surface area contributed by atoms with Gasteiger partial charge in [0.25, 0.3) is 0 Å². The summed E-state index contributed by atoms with van der Waals surface area (Å²) in [5.41, 5.74) is 1.27. The van der Waals surface area contributed by atoms with Gasteiger partial charge in [-0.2, -0.15) is 0 Å². The molecule has 1 aromatic carbocycles. The molecule has 0 aromatic heterocycles. The van der Waals surface area contributed by atoms with Crippen LogP contribution in [0.2, 0.25) is 0 Å². The van der Waals surface area contributed by atoms with E-state index in [-0.39, 0.29) is 0 Å². The summed E-state index contributed by atoms with van der Waals surface area (Å²) < 4.78 is 0. The average Bonchev–Trinajstić information content (AvgIpc) is 2.54. The zero-order valence-corrected chi connectivity index (χ0v) is 14.6. The standard InChI is InChI=1S/C19H29NOS/c1-2-3-4-8-15-22-19-13-14-20(19)16-18(21)12-11-17-9-6-5-7-10-17/h5-7,9-10,19H,2-4,8,11-16H2,1H3. The molecular weight excluding hydrogens is 290 g/mol. The molecule has 1 atom stereocenters. The van der Waals surface area contributed by atoms with E-state index in [1.165, 1.54) is 43.4 Å². The van der Waals surface area contributed by atoms with E-state index in [1.807, 2.05) is 18.2 Å². The zero-order valence-electron chi connectivity index (χ0n) is 13.8. The molecule has 122 valence electrons. The molecule has 0 amide bonds. The van der Waals surface area contributed by atoms with Gasteiger partial charge in [0.05, 0.1) is 11.9 Å². The van der Waals surface area contributed by atoms with Gasteiger partial charge in [-0.15, -0.1) is 11.8 Å². The number of nitrogens with zero attached hydrogens (tertiary/aromatic N) is 1. The fourth-order valence-electron chi connectivity index (χ4n) is 2.77. The molecule has 2 nitrogen and oxygen atoms in total. The van der Waals surface area contributed by atoms with E-state index in [0.29, 0.717) is 24.1 Å². The fourth-order valence-corrected chi connectivity index (χ4v) is 4.07. The molecule has 0 spiro atoms. The highest BCUT2D eigenvalue weighted by molar-refractivity contribution is 7.99. The molecule has 3 heteroatoms. The van der Waals surface area contributed by atoms with E-state index in [4.69, 9.17) is 0 Å². The van der Waals surface area contributed by atoms with Crippen molar-refractivity contribution in [1.82, 2.24) is 4.90 Å². The van der Waals surface area contributed by atoms with Crippen molar-refractivity contribution in [3.05, 3.63) is 35.9 Å². The van der Waals surface area contributed by atoms with Gasteiger partial charge in [0.15, 0.2) is 0 Å². The smallest absolute Gasteiger partial charge is 0.147 e. The first-order chi connectivity index (χ1) is 10.8. The second-order valence-electron chi connectivity index (χ2n) is 6.17. The van der Waals surface area contributed by atoms with Crippen LogP contribution in [0.25, 0.3) is 0 Å². The Bertz CT molecular complexity index is 434. The van der Waals surface area contributed by atoms with Crippen LogP contribution in [0.5, 0.6) is 0 Å². The molecule has 1 aliphatic heterocycles. The maximum Gasteiger partial charge on any atom is 0.147 e. The minimum Gasteiger partial charge on any atom is -0.298 e. The lowest BCUT2D eigenvalue weighted by molar-refractivity contribution is -0.121. The van der Waals surface area contributed by atoms with Gasteiger partial charge >= 0.3 is 0 Å². The predicted octanol–water partition coefficient (Wildman–Crippen LogP) is 4.53. The monoisotopic (exact) mass is 319 g/mol.